The quantitative estimate of drug-likeness (QED) is 0.574. The maximum absolute atomic E-state index is 12.1. The number of rotatable bonds is 4. The van der Waals surface area contributed by atoms with Crippen LogP contribution in [0.4, 0.5) is 0 Å². The molecule has 0 saturated heterocycles. The third-order valence-electron chi connectivity index (χ3n) is 3.93. The molecule has 0 aromatic rings. The minimum atomic E-state index is -0.930. The van der Waals surface area contributed by atoms with Gasteiger partial charge in [-0.1, -0.05) is 26.0 Å². The van der Waals surface area contributed by atoms with E-state index >= 15 is 0 Å². The van der Waals surface area contributed by atoms with Crippen molar-refractivity contribution in [2.24, 2.45) is 29.6 Å². The molecule has 1 fully saturated rings. The van der Waals surface area contributed by atoms with E-state index in [4.69, 9.17) is 0 Å². The average molecular weight is 222 g/mol. The Bertz CT molecular complexity index is 332. The van der Waals surface area contributed by atoms with Gasteiger partial charge in [0.15, 0.2) is 5.78 Å². The molecule has 0 amide bonds. The monoisotopic (exact) mass is 222 g/mol. The normalized spacial score (nSPS) is 38.0. The van der Waals surface area contributed by atoms with Crippen LogP contribution in [0.5, 0.6) is 0 Å². The third kappa shape index (κ3) is 1.63. The second kappa shape index (κ2) is 4.13. The molecular formula is C13H18O3. The van der Waals surface area contributed by atoms with Gasteiger partial charge >= 0.3 is 0 Å². The van der Waals surface area contributed by atoms with Crippen molar-refractivity contribution in [3.63, 3.8) is 0 Å². The lowest BCUT2D eigenvalue weighted by molar-refractivity contribution is -0.137. The fourth-order valence-corrected chi connectivity index (χ4v) is 2.97. The summed E-state index contributed by atoms with van der Waals surface area (Å²) in [6.07, 6.45) is 4.92. The molecular weight excluding hydrogens is 204 g/mol. The van der Waals surface area contributed by atoms with E-state index in [0.717, 1.165) is 12.7 Å². The van der Waals surface area contributed by atoms with Gasteiger partial charge in [-0.05, 0) is 24.2 Å². The lowest BCUT2D eigenvalue weighted by Gasteiger charge is -2.26. The number of hydrogen-bond acceptors (Lipinski definition) is 3. The Morgan fingerprint density at radius 3 is 2.56 bits per heavy atom. The van der Waals surface area contributed by atoms with E-state index in [0.29, 0.717) is 0 Å². The van der Waals surface area contributed by atoms with Crippen LogP contribution in [0, 0.1) is 29.6 Å². The summed E-state index contributed by atoms with van der Waals surface area (Å²) in [5.74, 6) is -0.343. The molecule has 0 unspecified atom stereocenters. The number of fused-ring (bicyclic) bond motifs is 2. The first-order chi connectivity index (χ1) is 7.56. The van der Waals surface area contributed by atoms with Crippen molar-refractivity contribution < 1.29 is 14.7 Å². The van der Waals surface area contributed by atoms with Gasteiger partial charge in [-0.2, -0.15) is 0 Å². The van der Waals surface area contributed by atoms with Crippen molar-refractivity contribution in [3.05, 3.63) is 12.2 Å². The highest BCUT2D eigenvalue weighted by Crippen LogP contribution is 2.47. The number of ketones is 1. The molecule has 2 aliphatic carbocycles. The predicted molar refractivity (Wildman–Crippen MR) is 59.6 cm³/mol. The molecule has 0 radical (unpaired) electrons. The number of aliphatic hydroxyl groups excluding tert-OH is 1. The first-order valence-corrected chi connectivity index (χ1v) is 5.91. The van der Waals surface area contributed by atoms with Crippen LogP contribution in [-0.2, 0) is 9.59 Å². The number of Topliss-reactive ketones (excluding diaryl/α,β-unsaturated/α-hetero) is 1. The molecule has 0 aromatic carbocycles. The summed E-state index contributed by atoms with van der Waals surface area (Å²) in [6.45, 7) is 3.64. The van der Waals surface area contributed by atoms with E-state index in [-0.39, 0.29) is 35.4 Å². The van der Waals surface area contributed by atoms with Gasteiger partial charge in [0.05, 0.1) is 0 Å². The van der Waals surface area contributed by atoms with E-state index in [1.54, 1.807) is 0 Å². The first-order valence-electron chi connectivity index (χ1n) is 5.91. The van der Waals surface area contributed by atoms with Crippen molar-refractivity contribution in [1.29, 1.82) is 0 Å². The highest BCUT2D eigenvalue weighted by Gasteiger charge is 2.49. The van der Waals surface area contributed by atoms with Gasteiger partial charge in [-0.15, -0.1) is 0 Å². The number of carbonyl (C=O) groups is 2. The summed E-state index contributed by atoms with van der Waals surface area (Å²) in [5.41, 5.74) is 0. The van der Waals surface area contributed by atoms with Gasteiger partial charge in [0.1, 0.15) is 12.4 Å². The van der Waals surface area contributed by atoms with E-state index in [1.165, 1.54) is 0 Å². The highest BCUT2D eigenvalue weighted by molar-refractivity contribution is 5.89. The van der Waals surface area contributed by atoms with Crippen molar-refractivity contribution in [2.75, 3.05) is 0 Å². The van der Waals surface area contributed by atoms with Crippen molar-refractivity contribution in [3.8, 4) is 0 Å². The third-order valence-corrected chi connectivity index (χ3v) is 3.93. The Morgan fingerprint density at radius 1 is 1.38 bits per heavy atom. The van der Waals surface area contributed by atoms with Crippen LogP contribution in [0.2, 0.25) is 0 Å². The maximum Gasteiger partial charge on any atom is 0.165 e. The zero-order valence-corrected chi connectivity index (χ0v) is 9.67. The molecule has 1 N–H and O–H groups in total. The number of hydrogen-bond donors (Lipinski definition) is 1. The molecule has 88 valence electrons. The first kappa shape index (κ1) is 11.5. The second-order valence-electron chi connectivity index (χ2n) is 5.28. The standard InChI is InChI=1S/C13H18O3/c1-7(2)12(15)13(16)11-9-4-3-8(5-9)10(11)6-14/h3-4,6-12,15H,5H2,1-2H3/t8-,9+,10+,11+,12+/m0/s1. The number of carbonyl (C=O) groups excluding carboxylic acids is 2. The van der Waals surface area contributed by atoms with Crippen LogP contribution in [0.3, 0.4) is 0 Å². The predicted octanol–water partition coefficient (Wildman–Crippen LogP) is 1.21. The zero-order chi connectivity index (χ0) is 11.9. The maximum atomic E-state index is 12.1. The Hall–Kier alpha value is -0.960. The van der Waals surface area contributed by atoms with Crippen LogP contribution in [0.25, 0.3) is 0 Å². The summed E-state index contributed by atoms with van der Waals surface area (Å²) in [4.78, 5) is 23.1. The smallest absolute Gasteiger partial charge is 0.165 e. The average Bonchev–Trinajstić information content (AvgIpc) is 2.85. The molecule has 3 nitrogen and oxygen atoms in total. The molecule has 0 heterocycles. The largest absolute Gasteiger partial charge is 0.385 e. The fourth-order valence-electron chi connectivity index (χ4n) is 2.97. The summed E-state index contributed by atoms with van der Waals surface area (Å²) in [6, 6.07) is 0. The molecule has 2 rings (SSSR count). The molecule has 0 aliphatic heterocycles. The highest BCUT2D eigenvalue weighted by atomic mass is 16.3. The Balaban J connectivity index is 2.18. The van der Waals surface area contributed by atoms with Crippen LogP contribution >= 0.6 is 0 Å². The van der Waals surface area contributed by atoms with Crippen molar-refractivity contribution in [1.82, 2.24) is 0 Å². The van der Waals surface area contributed by atoms with Gasteiger partial charge < -0.3 is 9.90 Å². The van der Waals surface area contributed by atoms with E-state index in [1.807, 2.05) is 26.0 Å². The van der Waals surface area contributed by atoms with Crippen LogP contribution in [0.15, 0.2) is 12.2 Å². The number of aliphatic hydroxyl groups is 1. The molecule has 16 heavy (non-hydrogen) atoms. The Morgan fingerprint density at radius 2 is 2.00 bits per heavy atom. The molecule has 3 heteroatoms. The minimum Gasteiger partial charge on any atom is -0.385 e. The molecule has 2 bridgehead atoms. The summed E-state index contributed by atoms with van der Waals surface area (Å²) >= 11 is 0. The molecule has 2 aliphatic rings. The molecule has 5 atom stereocenters. The lowest BCUT2D eigenvalue weighted by Crippen LogP contribution is -2.38. The number of aldehydes is 1. The minimum absolute atomic E-state index is 0.0806. The SMILES string of the molecule is CC(C)[C@@H](O)C(=O)[C@H]1[C@H](C=O)[C@H]2C=C[C@@H]1C2. The Kier molecular flexibility index (Phi) is 2.98. The van der Waals surface area contributed by atoms with Crippen molar-refractivity contribution in [2.45, 2.75) is 26.4 Å². The Labute approximate surface area is 95.5 Å². The topological polar surface area (TPSA) is 54.4 Å². The van der Waals surface area contributed by atoms with Gasteiger partial charge in [0, 0.05) is 11.8 Å². The fraction of sp³-hybridized carbons (Fsp3) is 0.692. The van der Waals surface area contributed by atoms with E-state index < -0.39 is 6.10 Å². The summed E-state index contributed by atoms with van der Waals surface area (Å²) < 4.78 is 0. The lowest BCUT2D eigenvalue weighted by atomic mass is 9.78. The zero-order valence-electron chi connectivity index (χ0n) is 9.67. The van der Waals surface area contributed by atoms with Gasteiger partial charge in [-0.25, -0.2) is 0 Å². The van der Waals surface area contributed by atoms with Crippen LogP contribution in [0.1, 0.15) is 20.3 Å². The van der Waals surface area contributed by atoms with Crippen LogP contribution < -0.4 is 0 Å². The van der Waals surface area contributed by atoms with E-state index in [9.17, 15) is 14.7 Å². The van der Waals surface area contributed by atoms with Gasteiger partial charge in [0.25, 0.3) is 0 Å². The van der Waals surface area contributed by atoms with Gasteiger partial charge in [0.2, 0.25) is 0 Å². The van der Waals surface area contributed by atoms with Crippen molar-refractivity contribution >= 4 is 12.1 Å². The second-order valence-corrected chi connectivity index (χ2v) is 5.28. The van der Waals surface area contributed by atoms with Crippen LogP contribution in [-0.4, -0.2) is 23.3 Å². The van der Waals surface area contributed by atoms with E-state index in [2.05, 4.69) is 0 Å². The van der Waals surface area contributed by atoms with Gasteiger partial charge in [-0.3, -0.25) is 4.79 Å². The molecule has 1 saturated carbocycles. The number of allylic oxidation sites excluding steroid dienone is 2. The summed E-state index contributed by atoms with van der Waals surface area (Å²) in [7, 11) is 0. The molecule has 0 spiro atoms. The summed E-state index contributed by atoms with van der Waals surface area (Å²) in [5, 5.41) is 9.81. The molecule has 0 aromatic heterocycles.